The molecule has 2 aromatic carbocycles. The third-order valence-electron chi connectivity index (χ3n) is 4.72. The summed E-state index contributed by atoms with van der Waals surface area (Å²) < 4.78 is 15.5. The zero-order chi connectivity index (χ0) is 19.0. The summed E-state index contributed by atoms with van der Waals surface area (Å²) in [6.45, 7) is 2.61. The molecule has 0 amide bonds. The summed E-state index contributed by atoms with van der Waals surface area (Å²) >= 11 is 0. The van der Waals surface area contributed by atoms with Crippen LogP contribution in [-0.4, -0.2) is 26.2 Å². The number of nitriles is 1. The van der Waals surface area contributed by atoms with Gasteiger partial charge in [-0.3, -0.25) is 0 Å². The van der Waals surface area contributed by atoms with Gasteiger partial charge in [-0.2, -0.15) is 9.99 Å². The lowest BCUT2D eigenvalue weighted by atomic mass is 10.1. The first-order valence-corrected chi connectivity index (χ1v) is 8.55. The number of anilines is 1. The van der Waals surface area contributed by atoms with Gasteiger partial charge in [0.1, 0.15) is 0 Å². The molecule has 4 rings (SSSR count). The predicted molar refractivity (Wildman–Crippen MR) is 104 cm³/mol. The maximum Gasteiger partial charge on any atom is 0.369 e. The summed E-state index contributed by atoms with van der Waals surface area (Å²) in [5.74, 6) is -0.592. The highest BCUT2D eigenvalue weighted by Gasteiger charge is 2.31. The van der Waals surface area contributed by atoms with Gasteiger partial charge in [0, 0.05) is 32.2 Å². The van der Waals surface area contributed by atoms with Gasteiger partial charge in [-0.15, -0.1) is 17.1 Å². The molecule has 3 aromatic rings. The summed E-state index contributed by atoms with van der Waals surface area (Å²) in [7, 11) is 0. The molecule has 0 saturated carbocycles. The maximum atomic E-state index is 14.7. The van der Waals surface area contributed by atoms with Crippen LogP contribution in [0.3, 0.4) is 0 Å². The molecule has 0 radical (unpaired) electrons. The molecule has 7 nitrogen and oxygen atoms in total. The summed E-state index contributed by atoms with van der Waals surface area (Å²) in [4.78, 5) is 1.83. The number of rotatable bonds is 2. The molecule has 28 heavy (non-hydrogen) atoms. The Morgan fingerprint density at radius 1 is 1.04 bits per heavy atom. The number of aromatic nitrogens is 2. The Bertz CT molecular complexity index is 1070. The van der Waals surface area contributed by atoms with Crippen LogP contribution < -0.4 is 19.7 Å². The molecule has 1 aliphatic heterocycles. The van der Waals surface area contributed by atoms with Gasteiger partial charge in [-0.25, -0.2) is 4.39 Å². The highest BCUT2D eigenvalue weighted by molar-refractivity contribution is 5.85. The van der Waals surface area contributed by atoms with Crippen LogP contribution in [0, 0.1) is 27.6 Å². The molecule has 1 aliphatic rings. The number of nitrogens with one attached hydrogen (secondary N) is 1. The van der Waals surface area contributed by atoms with Crippen LogP contribution in [0.1, 0.15) is 5.69 Å². The second-order valence-corrected chi connectivity index (χ2v) is 6.29. The Kier molecular flexibility index (Phi) is 5.49. The van der Waals surface area contributed by atoms with E-state index in [1.54, 1.807) is 36.4 Å². The van der Waals surface area contributed by atoms with E-state index in [-0.39, 0.29) is 40.5 Å². The molecule has 0 spiro atoms. The fraction of sp³-hybridized carbons (Fsp3) is 0.211. The van der Waals surface area contributed by atoms with Gasteiger partial charge in [0.05, 0.1) is 17.3 Å². The van der Waals surface area contributed by atoms with Crippen LogP contribution in [0.25, 0.3) is 22.3 Å². The zero-order valence-corrected chi connectivity index (χ0v) is 15.6. The van der Waals surface area contributed by atoms with Crippen molar-refractivity contribution < 1.29 is 13.9 Å². The SMILES string of the molecule is Cl.N#Cc1c(-c2ccccc2)[n+]([O-])c2cc(N3CCNCC3)c(F)cc2[n+]1[O-]. The molecular formula is C19H17ClFN5O2. The number of piperazine rings is 1. The number of fused-ring (bicyclic) bond motifs is 1. The predicted octanol–water partition coefficient (Wildman–Crippen LogP) is 1.62. The van der Waals surface area contributed by atoms with Crippen molar-refractivity contribution in [2.24, 2.45) is 0 Å². The van der Waals surface area contributed by atoms with E-state index < -0.39 is 5.82 Å². The first-order chi connectivity index (χ1) is 13.1. The van der Waals surface area contributed by atoms with Gasteiger partial charge in [0.15, 0.2) is 11.9 Å². The highest BCUT2D eigenvalue weighted by Crippen LogP contribution is 2.26. The molecule has 0 aliphatic carbocycles. The standard InChI is InChI=1S/C19H16FN5O2.ClH/c20-14-10-16-17(11-15(14)23-8-6-22-7-9-23)25(27)19(18(12-21)24(16)26)13-4-2-1-3-5-13;/h1-5,10-11,22H,6-9H2;1H. The third-order valence-corrected chi connectivity index (χ3v) is 4.72. The van der Waals surface area contributed by atoms with Gasteiger partial charge in [-0.05, 0) is 12.1 Å². The molecular weight excluding hydrogens is 385 g/mol. The van der Waals surface area contributed by atoms with Crippen molar-refractivity contribution >= 4 is 29.1 Å². The minimum Gasteiger partial charge on any atom is -0.617 e. The Balaban J connectivity index is 0.00000225. The van der Waals surface area contributed by atoms with E-state index in [9.17, 15) is 20.1 Å². The van der Waals surface area contributed by atoms with E-state index >= 15 is 0 Å². The van der Waals surface area contributed by atoms with E-state index in [0.717, 1.165) is 6.07 Å². The Morgan fingerprint density at radius 2 is 1.68 bits per heavy atom. The van der Waals surface area contributed by atoms with Gasteiger partial charge in [-0.1, -0.05) is 18.2 Å². The molecule has 0 atom stereocenters. The minimum absolute atomic E-state index is 0. The summed E-state index contributed by atoms with van der Waals surface area (Å²) in [6.07, 6.45) is 0. The fourth-order valence-electron chi connectivity index (χ4n) is 3.40. The van der Waals surface area contributed by atoms with E-state index in [4.69, 9.17) is 0 Å². The van der Waals surface area contributed by atoms with Crippen LogP contribution in [0.5, 0.6) is 0 Å². The van der Waals surface area contributed by atoms with Crippen molar-refractivity contribution in [3.8, 4) is 17.3 Å². The van der Waals surface area contributed by atoms with Crippen molar-refractivity contribution in [3.05, 3.63) is 64.4 Å². The second kappa shape index (κ2) is 7.84. The highest BCUT2D eigenvalue weighted by atomic mass is 35.5. The van der Waals surface area contributed by atoms with Crippen molar-refractivity contribution in [1.82, 2.24) is 5.32 Å². The number of halogens is 2. The molecule has 2 heterocycles. The number of nitrogens with zero attached hydrogens (tertiary/aromatic N) is 4. The minimum atomic E-state index is -0.592. The number of hydrogen-bond acceptors (Lipinski definition) is 5. The average molecular weight is 402 g/mol. The van der Waals surface area contributed by atoms with E-state index in [1.165, 1.54) is 6.07 Å². The normalized spacial score (nSPS) is 13.8. The van der Waals surface area contributed by atoms with E-state index in [1.807, 2.05) is 4.90 Å². The molecule has 1 saturated heterocycles. The molecule has 9 heteroatoms. The molecule has 144 valence electrons. The van der Waals surface area contributed by atoms with Crippen LogP contribution >= 0.6 is 12.4 Å². The number of hydrogen-bond donors (Lipinski definition) is 1. The van der Waals surface area contributed by atoms with Crippen molar-refractivity contribution in [2.45, 2.75) is 0 Å². The van der Waals surface area contributed by atoms with Crippen molar-refractivity contribution in [2.75, 3.05) is 31.1 Å². The van der Waals surface area contributed by atoms with Gasteiger partial charge < -0.3 is 20.6 Å². The quantitative estimate of drug-likeness (QED) is 0.520. The average Bonchev–Trinajstić information content (AvgIpc) is 2.71. The van der Waals surface area contributed by atoms with E-state index in [0.29, 0.717) is 41.2 Å². The van der Waals surface area contributed by atoms with Crippen molar-refractivity contribution in [1.29, 1.82) is 5.26 Å². The Labute approximate surface area is 166 Å². The second-order valence-electron chi connectivity index (χ2n) is 6.29. The smallest absolute Gasteiger partial charge is 0.369 e. The molecule has 0 bridgehead atoms. The Morgan fingerprint density at radius 3 is 2.32 bits per heavy atom. The maximum absolute atomic E-state index is 14.7. The van der Waals surface area contributed by atoms with Crippen LogP contribution in [0.4, 0.5) is 10.1 Å². The van der Waals surface area contributed by atoms with Gasteiger partial charge in [0.2, 0.25) is 0 Å². The molecule has 0 unspecified atom stereocenters. The summed E-state index contributed by atoms with van der Waals surface area (Å²) in [5, 5.41) is 38.4. The Hall–Kier alpha value is -3.15. The molecule has 1 fully saturated rings. The monoisotopic (exact) mass is 401 g/mol. The molecule has 1 N–H and O–H groups in total. The van der Waals surface area contributed by atoms with Crippen LogP contribution in [0.15, 0.2) is 42.5 Å². The zero-order valence-electron chi connectivity index (χ0n) is 14.8. The number of benzene rings is 2. The topological polar surface area (TPSA) is 92.9 Å². The lowest BCUT2D eigenvalue weighted by Crippen LogP contribution is -2.45. The first kappa shape index (κ1) is 19.6. The lowest BCUT2D eigenvalue weighted by Gasteiger charge is -2.29. The van der Waals surface area contributed by atoms with E-state index in [2.05, 4.69) is 5.32 Å². The van der Waals surface area contributed by atoms with Gasteiger partial charge in [0.25, 0.3) is 11.0 Å². The van der Waals surface area contributed by atoms with Crippen LogP contribution in [-0.2, 0) is 0 Å². The lowest BCUT2D eigenvalue weighted by molar-refractivity contribution is -0.622. The summed E-state index contributed by atoms with van der Waals surface area (Å²) in [5.41, 5.74) is 0.174. The van der Waals surface area contributed by atoms with Gasteiger partial charge >= 0.3 is 11.4 Å². The van der Waals surface area contributed by atoms with Crippen molar-refractivity contribution in [3.63, 3.8) is 0 Å². The molecule has 1 aromatic heterocycles. The first-order valence-electron chi connectivity index (χ1n) is 8.55. The fourth-order valence-corrected chi connectivity index (χ4v) is 3.40. The largest absolute Gasteiger partial charge is 0.617 e. The third kappa shape index (κ3) is 3.15. The van der Waals surface area contributed by atoms with Crippen LogP contribution in [0.2, 0.25) is 0 Å². The summed E-state index contributed by atoms with van der Waals surface area (Å²) in [6, 6.07) is 12.7.